The van der Waals surface area contributed by atoms with Gasteiger partial charge in [0, 0.05) is 20.6 Å². The van der Waals surface area contributed by atoms with Gasteiger partial charge in [-0.15, -0.1) is 0 Å². The van der Waals surface area contributed by atoms with Gasteiger partial charge in [-0.05, 0) is 18.2 Å². The standard InChI is InChI=1S/C13H5Br2F4NO/c14-6-1-5(2-7(15)3-6)13(21)20-12-10(18)8(16)4-9(17)11(12)19/h1-4H,(H,20,21). The second kappa shape index (κ2) is 6.15. The molecule has 0 aliphatic carbocycles. The minimum Gasteiger partial charge on any atom is -0.317 e. The lowest BCUT2D eigenvalue weighted by Crippen LogP contribution is -2.16. The van der Waals surface area contributed by atoms with E-state index in [2.05, 4.69) is 31.9 Å². The molecule has 0 aromatic heterocycles. The molecule has 0 aliphatic heterocycles. The summed E-state index contributed by atoms with van der Waals surface area (Å²) in [6.07, 6.45) is 0. The van der Waals surface area contributed by atoms with E-state index in [0.717, 1.165) is 0 Å². The first-order valence-electron chi connectivity index (χ1n) is 5.40. The van der Waals surface area contributed by atoms with Crippen LogP contribution in [0.1, 0.15) is 10.4 Å². The topological polar surface area (TPSA) is 29.1 Å². The molecule has 0 atom stereocenters. The van der Waals surface area contributed by atoms with Gasteiger partial charge in [0.15, 0.2) is 23.3 Å². The summed E-state index contributed by atoms with van der Waals surface area (Å²) >= 11 is 6.28. The van der Waals surface area contributed by atoms with Gasteiger partial charge in [-0.2, -0.15) is 0 Å². The van der Waals surface area contributed by atoms with Crippen LogP contribution < -0.4 is 5.32 Å². The fourth-order valence-electron chi connectivity index (χ4n) is 1.55. The zero-order chi connectivity index (χ0) is 15.7. The summed E-state index contributed by atoms with van der Waals surface area (Å²) in [6, 6.07) is 4.47. The minimum absolute atomic E-state index is 0.0414. The SMILES string of the molecule is O=C(Nc1c(F)c(F)cc(F)c1F)c1cc(Br)cc(Br)c1. The van der Waals surface area contributed by atoms with E-state index >= 15 is 0 Å². The number of amides is 1. The Morgan fingerprint density at radius 2 is 1.33 bits per heavy atom. The molecule has 0 saturated carbocycles. The molecule has 1 N–H and O–H groups in total. The molecule has 1 amide bonds. The quantitative estimate of drug-likeness (QED) is 0.530. The molecule has 0 unspecified atom stereocenters. The molecule has 2 nitrogen and oxygen atoms in total. The van der Waals surface area contributed by atoms with E-state index in [0.29, 0.717) is 8.95 Å². The van der Waals surface area contributed by atoms with Crippen molar-refractivity contribution >= 4 is 43.5 Å². The van der Waals surface area contributed by atoms with Crippen LogP contribution in [-0.4, -0.2) is 5.91 Å². The van der Waals surface area contributed by atoms with Gasteiger partial charge in [0.25, 0.3) is 5.91 Å². The molecule has 0 aliphatic rings. The van der Waals surface area contributed by atoms with Crippen LogP contribution in [0, 0.1) is 23.3 Å². The summed E-state index contributed by atoms with van der Waals surface area (Å²) in [5.41, 5.74) is -1.13. The molecule has 0 saturated heterocycles. The first-order chi connectivity index (χ1) is 9.79. The molecule has 0 heterocycles. The monoisotopic (exact) mass is 425 g/mol. The van der Waals surface area contributed by atoms with Gasteiger partial charge in [-0.1, -0.05) is 31.9 Å². The van der Waals surface area contributed by atoms with E-state index in [-0.39, 0.29) is 11.6 Å². The molecule has 0 spiro atoms. The predicted molar refractivity (Wildman–Crippen MR) is 76.1 cm³/mol. The molecule has 21 heavy (non-hydrogen) atoms. The number of hydrogen-bond acceptors (Lipinski definition) is 1. The summed E-state index contributed by atoms with van der Waals surface area (Å²) in [7, 11) is 0. The number of hydrogen-bond donors (Lipinski definition) is 1. The van der Waals surface area contributed by atoms with Crippen LogP contribution in [0.15, 0.2) is 33.2 Å². The van der Waals surface area contributed by atoms with Crippen molar-refractivity contribution in [3.63, 3.8) is 0 Å². The van der Waals surface area contributed by atoms with Crippen molar-refractivity contribution in [2.75, 3.05) is 5.32 Å². The van der Waals surface area contributed by atoms with Gasteiger partial charge in [0.2, 0.25) is 0 Å². The second-order valence-electron chi connectivity index (χ2n) is 3.96. The van der Waals surface area contributed by atoms with Crippen LogP contribution in [0.2, 0.25) is 0 Å². The van der Waals surface area contributed by atoms with Crippen molar-refractivity contribution in [3.8, 4) is 0 Å². The third-order valence-corrected chi connectivity index (χ3v) is 3.39. The number of benzene rings is 2. The highest BCUT2D eigenvalue weighted by atomic mass is 79.9. The van der Waals surface area contributed by atoms with Crippen LogP contribution in [-0.2, 0) is 0 Å². The molecular formula is C13H5Br2F4NO. The van der Waals surface area contributed by atoms with Gasteiger partial charge in [0.1, 0.15) is 5.69 Å². The fraction of sp³-hybridized carbons (Fsp3) is 0. The highest BCUT2D eigenvalue weighted by molar-refractivity contribution is 9.11. The maximum atomic E-state index is 13.5. The van der Waals surface area contributed by atoms with Crippen molar-refractivity contribution < 1.29 is 22.4 Å². The minimum atomic E-state index is -1.67. The third kappa shape index (κ3) is 3.44. The predicted octanol–water partition coefficient (Wildman–Crippen LogP) is 5.02. The van der Waals surface area contributed by atoms with Crippen molar-refractivity contribution in [1.82, 2.24) is 0 Å². The van der Waals surface area contributed by atoms with E-state index in [9.17, 15) is 22.4 Å². The maximum Gasteiger partial charge on any atom is 0.255 e. The van der Waals surface area contributed by atoms with E-state index in [1.807, 2.05) is 5.32 Å². The molecule has 0 bridgehead atoms. The summed E-state index contributed by atoms with van der Waals surface area (Å²) in [5, 5.41) is 1.82. The van der Waals surface area contributed by atoms with E-state index in [1.54, 1.807) is 6.07 Å². The lowest BCUT2D eigenvalue weighted by molar-refractivity contribution is 0.102. The van der Waals surface area contributed by atoms with E-state index in [1.165, 1.54) is 12.1 Å². The Labute approximate surface area is 133 Å². The number of nitrogens with one attached hydrogen (secondary N) is 1. The first kappa shape index (κ1) is 16.0. The molecule has 0 radical (unpaired) electrons. The lowest BCUT2D eigenvalue weighted by Gasteiger charge is -2.09. The van der Waals surface area contributed by atoms with Crippen LogP contribution in [0.5, 0.6) is 0 Å². The highest BCUT2D eigenvalue weighted by Gasteiger charge is 2.21. The van der Waals surface area contributed by atoms with Gasteiger partial charge < -0.3 is 5.32 Å². The Hall–Kier alpha value is -1.41. The van der Waals surface area contributed by atoms with Gasteiger partial charge in [-0.25, -0.2) is 17.6 Å². The molecule has 110 valence electrons. The number of anilines is 1. The number of halogens is 6. The molecule has 8 heteroatoms. The number of carbonyl (C=O) groups is 1. The zero-order valence-electron chi connectivity index (χ0n) is 9.99. The molecular weight excluding hydrogens is 422 g/mol. The van der Waals surface area contributed by atoms with Gasteiger partial charge in [-0.3, -0.25) is 4.79 Å². The van der Waals surface area contributed by atoms with Crippen molar-refractivity contribution in [2.45, 2.75) is 0 Å². The summed E-state index contributed by atoms with van der Waals surface area (Å²) < 4.78 is 54.1. The van der Waals surface area contributed by atoms with Crippen molar-refractivity contribution in [3.05, 3.63) is 62.0 Å². The van der Waals surface area contributed by atoms with Crippen LogP contribution in [0.4, 0.5) is 23.2 Å². The molecule has 0 fully saturated rings. The smallest absolute Gasteiger partial charge is 0.255 e. The average molecular weight is 427 g/mol. The largest absolute Gasteiger partial charge is 0.317 e. The number of rotatable bonds is 2. The third-order valence-electron chi connectivity index (χ3n) is 2.48. The second-order valence-corrected chi connectivity index (χ2v) is 5.79. The van der Waals surface area contributed by atoms with E-state index in [4.69, 9.17) is 0 Å². The fourth-order valence-corrected chi connectivity index (χ4v) is 2.85. The van der Waals surface area contributed by atoms with E-state index < -0.39 is 34.9 Å². The maximum absolute atomic E-state index is 13.5. The molecule has 2 aromatic carbocycles. The Balaban J connectivity index is 2.40. The van der Waals surface area contributed by atoms with Gasteiger partial charge >= 0.3 is 0 Å². The van der Waals surface area contributed by atoms with Crippen LogP contribution >= 0.6 is 31.9 Å². The normalized spacial score (nSPS) is 10.6. The number of carbonyl (C=O) groups excluding carboxylic acids is 1. The Morgan fingerprint density at radius 3 is 1.81 bits per heavy atom. The van der Waals surface area contributed by atoms with Crippen molar-refractivity contribution in [2.24, 2.45) is 0 Å². The summed E-state index contributed by atoms with van der Waals surface area (Å²) in [4.78, 5) is 11.9. The zero-order valence-corrected chi connectivity index (χ0v) is 13.2. The Bertz CT molecular complexity index is 690. The Morgan fingerprint density at radius 1 is 0.857 bits per heavy atom. The molecule has 2 rings (SSSR count). The first-order valence-corrected chi connectivity index (χ1v) is 6.98. The highest BCUT2D eigenvalue weighted by Crippen LogP contribution is 2.26. The van der Waals surface area contributed by atoms with Crippen LogP contribution in [0.25, 0.3) is 0 Å². The van der Waals surface area contributed by atoms with Crippen LogP contribution in [0.3, 0.4) is 0 Å². The molecule has 2 aromatic rings. The Kier molecular flexibility index (Phi) is 4.67. The lowest BCUT2D eigenvalue weighted by atomic mass is 10.2. The average Bonchev–Trinajstić information content (AvgIpc) is 2.40. The van der Waals surface area contributed by atoms with Gasteiger partial charge in [0.05, 0.1) is 0 Å². The summed E-state index contributed by atoms with van der Waals surface area (Å²) in [6.45, 7) is 0. The summed E-state index contributed by atoms with van der Waals surface area (Å²) in [5.74, 6) is -7.45. The van der Waals surface area contributed by atoms with Crippen molar-refractivity contribution in [1.29, 1.82) is 0 Å².